The predicted molar refractivity (Wildman–Crippen MR) is 102 cm³/mol. The molecule has 1 aliphatic heterocycles. The number of hydrogen-bond acceptors (Lipinski definition) is 7. The van der Waals surface area contributed by atoms with Crippen LogP contribution in [0, 0.1) is 0 Å². The molecule has 7 nitrogen and oxygen atoms in total. The average Bonchev–Trinajstić information content (AvgIpc) is 2.96. The molecule has 9 heteroatoms. The standard InChI is InChI=1S/C17H20N2O5S2/c1-23-13-5-3-2-4-12(13)6-7-16(22)24-10-14(20)18-8-9-19-15(21)11-26-17(19)25/h2-5H,6-11H2,1H3,(H,18,20). The van der Waals surface area contributed by atoms with Gasteiger partial charge in [0.15, 0.2) is 6.61 Å². The number of thioether (sulfide) groups is 1. The van der Waals surface area contributed by atoms with Crippen molar-refractivity contribution < 1.29 is 23.9 Å². The summed E-state index contributed by atoms with van der Waals surface area (Å²) in [5.74, 6) is 0.123. The number of methoxy groups -OCH3 is 1. The second-order valence-electron chi connectivity index (χ2n) is 5.42. The van der Waals surface area contributed by atoms with Gasteiger partial charge in [0, 0.05) is 19.5 Å². The first-order chi connectivity index (χ1) is 12.5. The molecule has 1 heterocycles. The van der Waals surface area contributed by atoms with Crippen LogP contribution < -0.4 is 10.1 Å². The maximum Gasteiger partial charge on any atom is 0.306 e. The van der Waals surface area contributed by atoms with Gasteiger partial charge in [0.25, 0.3) is 5.91 Å². The highest BCUT2D eigenvalue weighted by Gasteiger charge is 2.25. The minimum Gasteiger partial charge on any atom is -0.496 e. The first kappa shape index (κ1) is 20.2. The van der Waals surface area contributed by atoms with Crippen molar-refractivity contribution in [2.75, 3.05) is 32.6 Å². The molecular weight excluding hydrogens is 376 g/mol. The molecule has 1 aromatic rings. The molecule has 0 bridgehead atoms. The van der Waals surface area contributed by atoms with E-state index in [4.69, 9.17) is 21.7 Å². The predicted octanol–water partition coefficient (Wildman–Crippen LogP) is 1.15. The van der Waals surface area contributed by atoms with Crippen molar-refractivity contribution in [3.63, 3.8) is 0 Å². The topological polar surface area (TPSA) is 84.9 Å². The van der Waals surface area contributed by atoms with Crippen LogP contribution >= 0.6 is 24.0 Å². The molecule has 1 aromatic carbocycles. The Kier molecular flexibility index (Phi) is 7.86. The average molecular weight is 396 g/mol. The highest BCUT2D eigenvalue weighted by atomic mass is 32.2. The summed E-state index contributed by atoms with van der Waals surface area (Å²) < 4.78 is 10.7. The Hall–Kier alpha value is -2.13. The molecule has 0 saturated carbocycles. The van der Waals surface area contributed by atoms with E-state index in [1.54, 1.807) is 7.11 Å². The van der Waals surface area contributed by atoms with Gasteiger partial charge in [0.1, 0.15) is 10.1 Å². The Bertz CT molecular complexity index is 679. The van der Waals surface area contributed by atoms with Crippen molar-refractivity contribution >= 4 is 46.1 Å². The van der Waals surface area contributed by atoms with Gasteiger partial charge >= 0.3 is 5.97 Å². The smallest absolute Gasteiger partial charge is 0.306 e. The normalized spacial score (nSPS) is 13.7. The van der Waals surface area contributed by atoms with Gasteiger partial charge in [-0.1, -0.05) is 42.2 Å². The van der Waals surface area contributed by atoms with Crippen LogP contribution in [0.3, 0.4) is 0 Å². The molecule has 0 spiro atoms. The molecule has 1 N–H and O–H groups in total. The summed E-state index contributed by atoms with van der Waals surface area (Å²) in [6.45, 7) is 0.222. The molecule has 26 heavy (non-hydrogen) atoms. The number of nitrogens with zero attached hydrogens (tertiary/aromatic N) is 1. The zero-order valence-corrected chi connectivity index (χ0v) is 16.0. The van der Waals surface area contributed by atoms with Gasteiger partial charge < -0.3 is 14.8 Å². The molecule has 1 fully saturated rings. The van der Waals surface area contributed by atoms with Gasteiger partial charge in [0.05, 0.1) is 12.9 Å². The Morgan fingerprint density at radius 3 is 2.81 bits per heavy atom. The Labute approximate surface area is 161 Å². The summed E-state index contributed by atoms with van der Waals surface area (Å²) in [6.07, 6.45) is 0.623. The summed E-state index contributed by atoms with van der Waals surface area (Å²) in [4.78, 5) is 36.5. The molecule has 0 atom stereocenters. The Morgan fingerprint density at radius 1 is 1.35 bits per heavy atom. The molecule has 0 aromatic heterocycles. The second-order valence-corrected chi connectivity index (χ2v) is 7.03. The van der Waals surface area contributed by atoms with Gasteiger partial charge in [0.2, 0.25) is 5.91 Å². The lowest BCUT2D eigenvalue weighted by Gasteiger charge is -2.15. The third kappa shape index (κ3) is 5.99. The number of hydrogen-bond donors (Lipinski definition) is 1. The SMILES string of the molecule is COc1ccccc1CCC(=O)OCC(=O)NCCN1C(=O)CSC1=S. The van der Waals surface area contributed by atoms with Crippen LogP contribution in [-0.4, -0.2) is 59.6 Å². The van der Waals surface area contributed by atoms with Crippen LogP contribution in [0.15, 0.2) is 24.3 Å². The molecule has 1 aliphatic rings. The lowest BCUT2D eigenvalue weighted by Crippen LogP contribution is -2.38. The molecule has 0 unspecified atom stereocenters. The van der Waals surface area contributed by atoms with E-state index >= 15 is 0 Å². The molecular formula is C17H20N2O5S2. The fraction of sp³-hybridized carbons (Fsp3) is 0.412. The van der Waals surface area contributed by atoms with Crippen LogP contribution in [0.4, 0.5) is 0 Å². The lowest BCUT2D eigenvalue weighted by molar-refractivity contribution is -0.148. The quantitative estimate of drug-likeness (QED) is 0.495. The van der Waals surface area contributed by atoms with Crippen molar-refractivity contribution in [1.29, 1.82) is 0 Å². The van der Waals surface area contributed by atoms with E-state index in [1.807, 2.05) is 24.3 Å². The lowest BCUT2D eigenvalue weighted by atomic mass is 10.1. The zero-order chi connectivity index (χ0) is 18.9. The highest BCUT2D eigenvalue weighted by molar-refractivity contribution is 8.23. The van der Waals surface area contributed by atoms with Gasteiger partial charge in [-0.3, -0.25) is 19.3 Å². The van der Waals surface area contributed by atoms with E-state index in [-0.39, 0.29) is 25.5 Å². The second kappa shape index (κ2) is 10.1. The summed E-state index contributed by atoms with van der Waals surface area (Å²) >= 11 is 6.36. The monoisotopic (exact) mass is 396 g/mol. The highest BCUT2D eigenvalue weighted by Crippen LogP contribution is 2.19. The third-order valence-electron chi connectivity index (χ3n) is 3.65. The maximum atomic E-state index is 11.8. The molecule has 0 radical (unpaired) electrons. The number of esters is 1. The van der Waals surface area contributed by atoms with E-state index in [9.17, 15) is 14.4 Å². The number of nitrogens with one attached hydrogen (secondary N) is 1. The van der Waals surface area contributed by atoms with Gasteiger partial charge in [-0.15, -0.1) is 0 Å². The van der Waals surface area contributed by atoms with Crippen LogP contribution in [0.2, 0.25) is 0 Å². The van der Waals surface area contributed by atoms with Crippen molar-refractivity contribution in [1.82, 2.24) is 10.2 Å². The summed E-state index contributed by atoms with van der Waals surface area (Å²) in [5, 5.41) is 2.60. The first-order valence-electron chi connectivity index (χ1n) is 8.02. The maximum absolute atomic E-state index is 11.8. The van der Waals surface area contributed by atoms with Crippen molar-refractivity contribution in [2.24, 2.45) is 0 Å². The van der Waals surface area contributed by atoms with Gasteiger partial charge in [-0.2, -0.15) is 0 Å². The van der Waals surface area contributed by atoms with Crippen LogP contribution in [0.25, 0.3) is 0 Å². The number of ether oxygens (including phenoxy) is 2. The van der Waals surface area contributed by atoms with Gasteiger partial charge in [-0.25, -0.2) is 0 Å². The van der Waals surface area contributed by atoms with Crippen molar-refractivity contribution in [2.45, 2.75) is 12.8 Å². The largest absolute Gasteiger partial charge is 0.496 e. The first-order valence-corrected chi connectivity index (χ1v) is 9.42. The van der Waals surface area contributed by atoms with E-state index in [0.29, 0.717) is 28.8 Å². The number of rotatable bonds is 9. The van der Waals surface area contributed by atoms with E-state index in [0.717, 1.165) is 5.56 Å². The fourth-order valence-corrected chi connectivity index (χ4v) is 3.44. The van der Waals surface area contributed by atoms with Crippen LogP contribution in [-0.2, 0) is 25.5 Å². The number of para-hydroxylation sites is 1. The number of carbonyl (C=O) groups is 3. The number of carbonyl (C=O) groups excluding carboxylic acids is 3. The van der Waals surface area contributed by atoms with Gasteiger partial charge in [-0.05, 0) is 18.1 Å². The molecule has 1 saturated heterocycles. The molecule has 2 amide bonds. The summed E-state index contributed by atoms with van der Waals surface area (Å²) in [6, 6.07) is 7.42. The molecule has 140 valence electrons. The number of benzene rings is 1. The van der Waals surface area contributed by atoms with Crippen LogP contribution in [0.1, 0.15) is 12.0 Å². The van der Waals surface area contributed by atoms with Crippen molar-refractivity contribution in [3.05, 3.63) is 29.8 Å². The number of thiocarbonyl (C=S) groups is 1. The van der Waals surface area contributed by atoms with Crippen molar-refractivity contribution in [3.8, 4) is 5.75 Å². The van der Waals surface area contributed by atoms with Crippen LogP contribution in [0.5, 0.6) is 5.75 Å². The minimum absolute atomic E-state index is 0.0583. The number of amides is 2. The Balaban J connectivity index is 1.63. The molecule has 0 aliphatic carbocycles. The Morgan fingerprint density at radius 2 is 2.12 bits per heavy atom. The summed E-state index contributed by atoms with van der Waals surface area (Å²) in [5.41, 5.74) is 0.903. The zero-order valence-electron chi connectivity index (χ0n) is 14.4. The number of aryl methyl sites for hydroxylation is 1. The molecule has 2 rings (SSSR count). The van der Waals surface area contributed by atoms with E-state index < -0.39 is 11.9 Å². The fourth-order valence-electron chi connectivity index (χ4n) is 2.32. The minimum atomic E-state index is -0.460. The summed E-state index contributed by atoms with van der Waals surface area (Å²) in [7, 11) is 1.57. The van der Waals surface area contributed by atoms with E-state index in [2.05, 4.69) is 5.32 Å². The van der Waals surface area contributed by atoms with E-state index in [1.165, 1.54) is 16.7 Å². The third-order valence-corrected chi connectivity index (χ3v) is 5.09.